The van der Waals surface area contributed by atoms with Gasteiger partial charge in [-0.15, -0.1) is 0 Å². The molecule has 3 unspecified atom stereocenters. The maximum absolute atomic E-state index is 4.67. The van der Waals surface area contributed by atoms with Crippen LogP contribution in [-0.4, -0.2) is 15.6 Å². The van der Waals surface area contributed by atoms with Crippen LogP contribution in [0, 0.1) is 0 Å². The average molecular weight is 207 g/mol. The predicted molar refractivity (Wildman–Crippen MR) is 63.3 cm³/mol. The monoisotopic (exact) mass is 207 g/mol. The lowest BCUT2D eigenvalue weighted by atomic mass is 10.1. The van der Waals surface area contributed by atoms with Crippen LogP contribution in [0.3, 0.4) is 0 Å². The van der Waals surface area contributed by atoms with Crippen LogP contribution in [-0.2, 0) is 0 Å². The van der Waals surface area contributed by atoms with Gasteiger partial charge in [0.2, 0.25) is 5.95 Å². The van der Waals surface area contributed by atoms with Crippen LogP contribution in [0.15, 0.2) is 6.20 Å². The van der Waals surface area contributed by atoms with Gasteiger partial charge in [-0.2, -0.15) is 0 Å². The van der Waals surface area contributed by atoms with Crippen molar-refractivity contribution in [1.82, 2.24) is 9.55 Å². The van der Waals surface area contributed by atoms with Gasteiger partial charge < -0.3 is 9.88 Å². The second-order valence-electron chi connectivity index (χ2n) is 4.84. The minimum atomic E-state index is 0.541. The molecule has 1 N–H and O–H groups in total. The van der Waals surface area contributed by atoms with Gasteiger partial charge in [0.25, 0.3) is 0 Å². The van der Waals surface area contributed by atoms with E-state index in [1.54, 1.807) is 0 Å². The van der Waals surface area contributed by atoms with Crippen LogP contribution in [0.2, 0.25) is 0 Å². The van der Waals surface area contributed by atoms with Gasteiger partial charge in [0.1, 0.15) is 0 Å². The first-order valence-electron chi connectivity index (χ1n) is 5.97. The smallest absolute Gasteiger partial charge is 0.203 e. The Bertz CT molecular complexity index is 343. The first-order chi connectivity index (χ1) is 7.11. The molecule has 84 valence electrons. The van der Waals surface area contributed by atoms with Crippen LogP contribution in [0.5, 0.6) is 0 Å². The van der Waals surface area contributed by atoms with Gasteiger partial charge in [0.15, 0.2) is 0 Å². The first kappa shape index (κ1) is 10.5. The molecule has 1 aromatic rings. The maximum atomic E-state index is 4.67. The van der Waals surface area contributed by atoms with E-state index in [0.717, 1.165) is 12.4 Å². The van der Waals surface area contributed by atoms with E-state index in [4.69, 9.17) is 0 Å². The molecular weight excluding hydrogens is 186 g/mol. The van der Waals surface area contributed by atoms with Crippen molar-refractivity contribution in [2.75, 3.05) is 5.32 Å². The molecule has 2 rings (SSSR count). The van der Waals surface area contributed by atoms with Crippen molar-refractivity contribution in [3.8, 4) is 0 Å². The number of nitrogens with one attached hydrogen (secondary N) is 1. The zero-order valence-corrected chi connectivity index (χ0v) is 10.1. The molecule has 15 heavy (non-hydrogen) atoms. The molecular formula is C12H21N3. The summed E-state index contributed by atoms with van der Waals surface area (Å²) in [7, 11) is 0. The summed E-state index contributed by atoms with van der Waals surface area (Å²) in [5.41, 5.74) is 1.22. The molecule has 0 saturated carbocycles. The van der Waals surface area contributed by atoms with Gasteiger partial charge in [0.05, 0.1) is 5.69 Å². The van der Waals surface area contributed by atoms with E-state index >= 15 is 0 Å². The largest absolute Gasteiger partial charge is 0.353 e. The molecule has 0 aromatic carbocycles. The summed E-state index contributed by atoms with van der Waals surface area (Å²) >= 11 is 0. The molecule has 0 spiro atoms. The van der Waals surface area contributed by atoms with Gasteiger partial charge in [-0.25, -0.2) is 4.98 Å². The van der Waals surface area contributed by atoms with Crippen LogP contribution in [0.1, 0.15) is 58.2 Å². The lowest BCUT2D eigenvalue weighted by molar-refractivity contribution is 0.449. The molecule has 0 fully saturated rings. The van der Waals surface area contributed by atoms with E-state index in [-0.39, 0.29) is 0 Å². The standard InChI is InChI=1S/C12H21N3/c1-5-8(2)11-7-15-10(4)6-9(3)13-12(15)14-11/h7-10H,5-6H2,1-4H3,(H,13,14). The molecule has 3 nitrogen and oxygen atoms in total. The van der Waals surface area contributed by atoms with Crippen LogP contribution >= 0.6 is 0 Å². The van der Waals surface area contributed by atoms with Crippen molar-refractivity contribution < 1.29 is 0 Å². The first-order valence-corrected chi connectivity index (χ1v) is 5.97. The SMILES string of the molecule is CCC(C)c1cn2c(n1)NC(C)CC2C. The quantitative estimate of drug-likeness (QED) is 0.807. The Morgan fingerprint density at radius 3 is 3.00 bits per heavy atom. The molecule has 2 heterocycles. The third kappa shape index (κ3) is 1.87. The molecule has 0 radical (unpaired) electrons. The second-order valence-corrected chi connectivity index (χ2v) is 4.84. The summed E-state index contributed by atoms with van der Waals surface area (Å²) in [4.78, 5) is 4.67. The highest BCUT2D eigenvalue weighted by atomic mass is 15.2. The van der Waals surface area contributed by atoms with Crippen LogP contribution < -0.4 is 5.32 Å². The maximum Gasteiger partial charge on any atom is 0.203 e. The van der Waals surface area contributed by atoms with Crippen molar-refractivity contribution in [3.63, 3.8) is 0 Å². The van der Waals surface area contributed by atoms with E-state index < -0.39 is 0 Å². The Morgan fingerprint density at radius 1 is 1.60 bits per heavy atom. The number of nitrogens with zero attached hydrogens (tertiary/aromatic N) is 2. The minimum Gasteiger partial charge on any atom is -0.353 e. The third-order valence-electron chi connectivity index (χ3n) is 3.41. The lowest BCUT2D eigenvalue weighted by Gasteiger charge is -2.27. The summed E-state index contributed by atoms with van der Waals surface area (Å²) in [6.07, 6.45) is 4.55. The number of fused-ring (bicyclic) bond motifs is 1. The Balaban J connectivity index is 2.30. The van der Waals surface area contributed by atoms with Gasteiger partial charge in [-0.1, -0.05) is 13.8 Å². The van der Waals surface area contributed by atoms with Gasteiger partial charge in [-0.05, 0) is 32.6 Å². The van der Waals surface area contributed by atoms with E-state index in [2.05, 4.69) is 48.8 Å². The number of imidazole rings is 1. The molecule has 3 heteroatoms. The average Bonchev–Trinajstić information content (AvgIpc) is 2.60. The highest BCUT2D eigenvalue weighted by molar-refractivity contribution is 5.34. The van der Waals surface area contributed by atoms with Crippen molar-refractivity contribution in [3.05, 3.63) is 11.9 Å². The number of aromatic nitrogens is 2. The number of anilines is 1. The highest BCUT2D eigenvalue weighted by Gasteiger charge is 2.23. The second kappa shape index (κ2) is 3.87. The van der Waals surface area contributed by atoms with Crippen LogP contribution in [0.25, 0.3) is 0 Å². The molecule has 0 aliphatic carbocycles. The molecule has 1 aliphatic rings. The molecule has 0 amide bonds. The fraction of sp³-hybridized carbons (Fsp3) is 0.750. The van der Waals surface area contributed by atoms with E-state index in [0.29, 0.717) is 18.0 Å². The Kier molecular flexibility index (Phi) is 2.72. The van der Waals surface area contributed by atoms with E-state index in [9.17, 15) is 0 Å². The third-order valence-corrected chi connectivity index (χ3v) is 3.41. The topological polar surface area (TPSA) is 29.9 Å². The van der Waals surface area contributed by atoms with Gasteiger partial charge in [0, 0.05) is 18.3 Å². The number of hydrogen-bond acceptors (Lipinski definition) is 2. The van der Waals surface area contributed by atoms with Crippen molar-refractivity contribution >= 4 is 5.95 Å². The Morgan fingerprint density at radius 2 is 2.33 bits per heavy atom. The summed E-state index contributed by atoms with van der Waals surface area (Å²) in [6.45, 7) is 8.94. The highest BCUT2D eigenvalue weighted by Crippen LogP contribution is 2.29. The van der Waals surface area contributed by atoms with Crippen molar-refractivity contribution in [2.24, 2.45) is 0 Å². The number of rotatable bonds is 2. The number of hydrogen-bond donors (Lipinski definition) is 1. The van der Waals surface area contributed by atoms with Gasteiger partial charge >= 0.3 is 0 Å². The molecule has 3 atom stereocenters. The van der Waals surface area contributed by atoms with Crippen LogP contribution in [0.4, 0.5) is 5.95 Å². The summed E-state index contributed by atoms with van der Waals surface area (Å²) in [5, 5.41) is 3.44. The lowest BCUT2D eigenvalue weighted by Crippen LogP contribution is -2.28. The summed E-state index contributed by atoms with van der Waals surface area (Å²) < 4.78 is 2.28. The Hall–Kier alpha value is -0.990. The zero-order valence-electron chi connectivity index (χ0n) is 10.1. The molecule has 0 saturated heterocycles. The van der Waals surface area contributed by atoms with Gasteiger partial charge in [-0.3, -0.25) is 0 Å². The summed E-state index contributed by atoms with van der Waals surface area (Å²) in [6, 6.07) is 1.11. The molecule has 1 aromatic heterocycles. The predicted octanol–water partition coefficient (Wildman–Crippen LogP) is 3.16. The fourth-order valence-corrected chi connectivity index (χ4v) is 2.21. The van der Waals surface area contributed by atoms with E-state index in [1.165, 1.54) is 12.1 Å². The summed E-state index contributed by atoms with van der Waals surface area (Å²) in [5.74, 6) is 1.61. The van der Waals surface area contributed by atoms with E-state index in [1.807, 2.05) is 0 Å². The Labute approximate surface area is 91.9 Å². The molecule has 0 bridgehead atoms. The van der Waals surface area contributed by atoms with Crippen molar-refractivity contribution in [1.29, 1.82) is 0 Å². The minimum absolute atomic E-state index is 0.541. The van der Waals surface area contributed by atoms with Crippen molar-refractivity contribution in [2.45, 2.75) is 58.5 Å². The molecule has 1 aliphatic heterocycles. The zero-order chi connectivity index (χ0) is 11.0. The normalized spacial score (nSPS) is 26.9. The fourth-order valence-electron chi connectivity index (χ4n) is 2.21.